The molecular weight excluding hydrogens is 946 g/mol. The third-order valence-corrected chi connectivity index (χ3v) is 11.6. The fourth-order valence-electron chi connectivity index (χ4n) is 6.36. The minimum Gasteiger partial charge on any atom is -0.462 e. The lowest BCUT2D eigenvalue weighted by Gasteiger charge is -2.43. The molecule has 0 spiro atoms. The van der Waals surface area contributed by atoms with Gasteiger partial charge < -0.3 is 49.7 Å². The van der Waals surface area contributed by atoms with Crippen molar-refractivity contribution >= 4 is 27.6 Å². The van der Waals surface area contributed by atoms with Gasteiger partial charge >= 0.3 is 27.6 Å². The van der Waals surface area contributed by atoms with Gasteiger partial charge in [-0.1, -0.05) is 148 Å². The Bertz CT molecular complexity index is 1830. The van der Waals surface area contributed by atoms with Crippen LogP contribution >= 0.6 is 15.6 Å². The lowest BCUT2D eigenvalue weighted by molar-refractivity contribution is -0.216. The minimum atomic E-state index is -5.40. The van der Waals surface area contributed by atoms with Gasteiger partial charge in [0.15, 0.2) is 6.10 Å². The summed E-state index contributed by atoms with van der Waals surface area (Å²) in [6.07, 6.45) is 36.2. The Balaban J connectivity index is 2.74. The molecule has 70 heavy (non-hydrogen) atoms. The van der Waals surface area contributed by atoms with E-state index >= 15 is 0 Å². The van der Waals surface area contributed by atoms with E-state index < -0.39 is 89.6 Å². The smallest absolute Gasteiger partial charge is 0.462 e. The number of aliphatic hydroxyl groups is 5. The zero-order valence-corrected chi connectivity index (χ0v) is 42.5. The van der Waals surface area contributed by atoms with Crippen molar-refractivity contribution in [3.05, 3.63) is 122 Å². The van der Waals surface area contributed by atoms with Crippen LogP contribution in [0.1, 0.15) is 123 Å². The van der Waals surface area contributed by atoms with Gasteiger partial charge in [-0.15, -0.1) is 0 Å². The number of unbranched alkanes of at least 4 members (excludes halogenated alkanes) is 4. The molecule has 1 rings (SSSR count). The van der Waals surface area contributed by atoms with Crippen molar-refractivity contribution in [2.45, 2.75) is 172 Å². The monoisotopic (exact) mass is 1030 g/mol. The number of hydrogen-bond donors (Lipinski definition) is 8. The summed E-state index contributed by atoms with van der Waals surface area (Å²) in [6, 6.07) is 0. The standard InChI is InChI=1S/C51H80O17P2/c1-3-5-7-9-11-13-15-17-19-21-23-25-27-29-31-33-35-37-44(53)64-40-43(41-65-70(62,63)68-51-48(57)46(55)47(56)50(49(51)58)67-69(59,60)61)66-45(54)39-38-42(52)36-34-32-30-28-26-24-22-20-18-16-14-12-10-8-6-4-2/h6,8,11-14,17-20,23-26,29-32,34,36,42-43,46-52,55-58H,3-5,7,9-10,15-16,21-22,27-28,33,35,37-41H2,1-2H3,(H,62,63)(H2,59,60,61)/b8-6-,13-11-,14-12-,19-17-,20-18-,25-23-,26-24-,31-29-,32-30-,36-34-/t42?,43-,46?,47?,48?,49?,50-,51+/m1/s1. The van der Waals surface area contributed by atoms with Crippen LogP contribution in [0.4, 0.5) is 0 Å². The number of ether oxygens (including phenoxy) is 2. The molecule has 0 bridgehead atoms. The molecule has 19 heteroatoms. The molecule has 1 fully saturated rings. The van der Waals surface area contributed by atoms with Gasteiger partial charge in [-0.2, -0.15) is 0 Å². The van der Waals surface area contributed by atoms with Crippen molar-refractivity contribution in [2.24, 2.45) is 0 Å². The van der Waals surface area contributed by atoms with E-state index in [2.05, 4.69) is 85.2 Å². The van der Waals surface area contributed by atoms with Gasteiger partial charge in [0.1, 0.15) is 43.2 Å². The predicted molar refractivity (Wildman–Crippen MR) is 270 cm³/mol. The van der Waals surface area contributed by atoms with E-state index in [1.165, 1.54) is 25.3 Å². The van der Waals surface area contributed by atoms with Gasteiger partial charge in [-0.05, 0) is 83.5 Å². The molecule has 396 valence electrons. The molecule has 0 aliphatic heterocycles. The fraction of sp³-hybridized carbons (Fsp3) is 0.569. The van der Waals surface area contributed by atoms with Crippen LogP contribution in [0.2, 0.25) is 0 Å². The van der Waals surface area contributed by atoms with Crippen LogP contribution in [0.15, 0.2) is 122 Å². The van der Waals surface area contributed by atoms with Crippen molar-refractivity contribution in [3.8, 4) is 0 Å². The molecular formula is C51H80O17P2. The molecule has 6 unspecified atom stereocenters. The first kappa shape index (κ1) is 64.4. The first-order valence-electron chi connectivity index (χ1n) is 24.2. The normalized spacial score (nSPS) is 22.5. The second kappa shape index (κ2) is 39.9. The van der Waals surface area contributed by atoms with Crippen molar-refractivity contribution in [3.63, 3.8) is 0 Å². The van der Waals surface area contributed by atoms with Gasteiger partial charge in [0.25, 0.3) is 0 Å². The summed E-state index contributed by atoms with van der Waals surface area (Å²) in [5.74, 6) is -1.57. The van der Waals surface area contributed by atoms with Gasteiger partial charge in [0.05, 0.1) is 12.7 Å². The van der Waals surface area contributed by atoms with Gasteiger partial charge in [0.2, 0.25) is 0 Å². The average Bonchev–Trinajstić information content (AvgIpc) is 3.31. The zero-order chi connectivity index (χ0) is 51.9. The number of phosphoric acid groups is 2. The van der Waals surface area contributed by atoms with Gasteiger partial charge in [-0.3, -0.25) is 23.2 Å². The molecule has 0 saturated heterocycles. The highest BCUT2D eigenvalue weighted by atomic mass is 31.2. The first-order valence-corrected chi connectivity index (χ1v) is 27.2. The average molecular weight is 1030 g/mol. The van der Waals surface area contributed by atoms with E-state index in [1.807, 2.05) is 36.5 Å². The summed E-state index contributed by atoms with van der Waals surface area (Å²) in [5.41, 5.74) is 0. The second-order valence-electron chi connectivity index (χ2n) is 16.3. The SMILES string of the molecule is CC/C=C\C/C=C\C/C=C\C/C=C\C/C=C\C=C/C(O)CCC(=O)O[C@H](COC(=O)CCC/C=C\C/C=C\C/C=C\C/C=C\CCCCC)COP(=O)(O)O[C@H]1C(O)C(O)C(O)[C@@H](OP(=O)(O)O)C1O. The van der Waals surface area contributed by atoms with E-state index in [-0.39, 0.29) is 19.3 Å². The predicted octanol–water partition coefficient (Wildman–Crippen LogP) is 8.47. The molecule has 8 N–H and O–H groups in total. The number of phosphoric ester groups is 2. The van der Waals surface area contributed by atoms with Gasteiger partial charge in [0, 0.05) is 12.8 Å². The van der Waals surface area contributed by atoms with Crippen LogP contribution in [0.25, 0.3) is 0 Å². The molecule has 0 aromatic carbocycles. The maximum atomic E-state index is 13.0. The van der Waals surface area contributed by atoms with Crippen molar-refractivity contribution < 1.29 is 82.0 Å². The number of aliphatic hydroxyl groups excluding tert-OH is 5. The van der Waals surface area contributed by atoms with Crippen molar-refractivity contribution in [1.82, 2.24) is 0 Å². The Morgan fingerprint density at radius 1 is 0.543 bits per heavy atom. The number of carbonyl (C=O) groups is 2. The third-order valence-electron chi connectivity index (χ3n) is 10.1. The van der Waals surface area contributed by atoms with Crippen molar-refractivity contribution in [2.75, 3.05) is 13.2 Å². The van der Waals surface area contributed by atoms with Gasteiger partial charge in [-0.25, -0.2) is 9.13 Å². The fourth-order valence-corrected chi connectivity index (χ4v) is 7.90. The second-order valence-corrected chi connectivity index (χ2v) is 18.9. The number of rotatable bonds is 38. The van der Waals surface area contributed by atoms with Crippen LogP contribution < -0.4 is 0 Å². The Kier molecular flexibility index (Phi) is 36.7. The Morgan fingerprint density at radius 2 is 1.03 bits per heavy atom. The first-order chi connectivity index (χ1) is 33.5. The number of hydrogen-bond acceptors (Lipinski definition) is 14. The van der Waals surface area contributed by atoms with Crippen molar-refractivity contribution in [1.29, 1.82) is 0 Å². The lowest BCUT2D eigenvalue weighted by Crippen LogP contribution is -2.64. The summed E-state index contributed by atoms with van der Waals surface area (Å²) in [6.45, 7) is 2.70. The molecule has 17 nitrogen and oxygen atoms in total. The topological polar surface area (TPSA) is 276 Å². The highest BCUT2D eigenvalue weighted by Gasteiger charge is 2.54. The summed E-state index contributed by atoms with van der Waals surface area (Å²) in [4.78, 5) is 54.3. The van der Waals surface area contributed by atoms with E-state index in [0.29, 0.717) is 19.3 Å². The molecule has 0 aromatic rings. The number of esters is 2. The Labute approximate surface area is 414 Å². The Hall–Kier alpha value is -3.64. The minimum absolute atomic E-state index is 0.0128. The van der Waals surface area contributed by atoms with E-state index in [1.54, 1.807) is 12.2 Å². The quantitative estimate of drug-likeness (QED) is 0.00946. The Morgan fingerprint density at radius 3 is 1.54 bits per heavy atom. The van der Waals surface area contributed by atoms with Crippen LogP contribution in [0.3, 0.4) is 0 Å². The van der Waals surface area contributed by atoms with E-state index in [0.717, 1.165) is 51.4 Å². The van der Waals surface area contributed by atoms with E-state index in [9.17, 15) is 58.9 Å². The van der Waals surface area contributed by atoms with Crippen LogP contribution in [-0.2, 0) is 41.8 Å². The maximum absolute atomic E-state index is 13.0. The molecule has 1 saturated carbocycles. The summed E-state index contributed by atoms with van der Waals surface area (Å²) in [5, 5.41) is 51.7. The molecule has 0 amide bonds. The molecule has 0 heterocycles. The summed E-state index contributed by atoms with van der Waals surface area (Å²) < 4.78 is 49.1. The number of carbonyl (C=O) groups excluding carboxylic acids is 2. The molecule has 0 radical (unpaired) electrons. The third kappa shape index (κ3) is 33.9. The van der Waals surface area contributed by atoms with Crippen LogP contribution in [0.5, 0.6) is 0 Å². The highest BCUT2D eigenvalue weighted by Crippen LogP contribution is 2.49. The van der Waals surface area contributed by atoms with Crippen LogP contribution in [0, 0.1) is 0 Å². The molecule has 0 aromatic heterocycles. The number of allylic oxidation sites excluding steroid dienone is 19. The zero-order valence-electron chi connectivity index (χ0n) is 40.7. The molecule has 9 atom stereocenters. The van der Waals surface area contributed by atoms with Crippen LogP contribution in [-0.4, -0.2) is 114 Å². The maximum Gasteiger partial charge on any atom is 0.472 e. The largest absolute Gasteiger partial charge is 0.472 e. The molecule has 1 aliphatic rings. The summed E-state index contributed by atoms with van der Waals surface area (Å²) in [7, 11) is -10.8. The molecule has 1 aliphatic carbocycles. The summed E-state index contributed by atoms with van der Waals surface area (Å²) >= 11 is 0. The lowest BCUT2D eigenvalue weighted by atomic mass is 9.85. The van der Waals surface area contributed by atoms with E-state index in [4.69, 9.17) is 18.5 Å². The highest BCUT2D eigenvalue weighted by molar-refractivity contribution is 7.47.